The third-order valence-corrected chi connectivity index (χ3v) is 4.20. The van der Waals surface area contributed by atoms with Crippen molar-refractivity contribution in [2.75, 3.05) is 26.2 Å². The average Bonchev–Trinajstić information content (AvgIpc) is 2.99. The molecule has 0 amide bonds. The van der Waals surface area contributed by atoms with Crippen LogP contribution in [0, 0.1) is 17.8 Å². The second-order valence-electron chi connectivity index (χ2n) is 6.30. The lowest BCUT2D eigenvalue weighted by Crippen LogP contribution is -2.35. The summed E-state index contributed by atoms with van der Waals surface area (Å²) in [7, 11) is 0. The van der Waals surface area contributed by atoms with Crippen LogP contribution >= 0.6 is 0 Å². The maximum Gasteiger partial charge on any atom is 0.00965 e. The molecule has 2 rings (SSSR count). The maximum atomic E-state index is 3.52. The van der Waals surface area contributed by atoms with Crippen LogP contribution in [0.4, 0.5) is 0 Å². The summed E-state index contributed by atoms with van der Waals surface area (Å²) in [6.45, 7) is 12.2. The Morgan fingerprint density at radius 2 is 2.00 bits per heavy atom. The number of nitrogens with one attached hydrogen (secondary N) is 1. The van der Waals surface area contributed by atoms with E-state index in [1.165, 1.54) is 45.4 Å². The highest BCUT2D eigenvalue weighted by molar-refractivity contribution is 4.88. The minimum Gasteiger partial charge on any atom is -0.316 e. The number of hydrogen-bond donors (Lipinski definition) is 1. The smallest absolute Gasteiger partial charge is 0.00965 e. The van der Waals surface area contributed by atoms with Gasteiger partial charge in [0.15, 0.2) is 0 Å². The second-order valence-corrected chi connectivity index (χ2v) is 6.30. The molecular formula is C14H28N2. The molecule has 0 radical (unpaired) electrons. The first kappa shape index (κ1) is 12.4. The zero-order chi connectivity index (χ0) is 11.5. The summed E-state index contributed by atoms with van der Waals surface area (Å²) >= 11 is 0. The van der Waals surface area contributed by atoms with Crippen molar-refractivity contribution >= 4 is 0 Å². The van der Waals surface area contributed by atoms with E-state index in [-0.39, 0.29) is 0 Å². The molecule has 0 spiro atoms. The maximum absolute atomic E-state index is 3.52. The van der Waals surface area contributed by atoms with Crippen molar-refractivity contribution in [3.05, 3.63) is 0 Å². The summed E-state index contributed by atoms with van der Waals surface area (Å²) in [6.07, 6.45) is 4.27. The molecule has 94 valence electrons. The number of rotatable bonds is 6. The van der Waals surface area contributed by atoms with E-state index in [0.29, 0.717) is 0 Å². The topological polar surface area (TPSA) is 15.3 Å². The van der Waals surface area contributed by atoms with Crippen molar-refractivity contribution in [3.8, 4) is 0 Å². The molecule has 1 aliphatic carbocycles. The van der Waals surface area contributed by atoms with E-state index in [4.69, 9.17) is 0 Å². The summed E-state index contributed by atoms with van der Waals surface area (Å²) in [6, 6.07) is 0.937. The Morgan fingerprint density at radius 1 is 1.25 bits per heavy atom. The number of hydrogen-bond acceptors (Lipinski definition) is 2. The van der Waals surface area contributed by atoms with Crippen LogP contribution in [0.3, 0.4) is 0 Å². The van der Waals surface area contributed by atoms with E-state index in [9.17, 15) is 0 Å². The van der Waals surface area contributed by atoms with Gasteiger partial charge in [0.25, 0.3) is 0 Å². The minimum absolute atomic E-state index is 0.848. The van der Waals surface area contributed by atoms with E-state index in [1.54, 1.807) is 0 Å². The fourth-order valence-corrected chi connectivity index (χ4v) is 2.70. The fourth-order valence-electron chi connectivity index (χ4n) is 2.70. The van der Waals surface area contributed by atoms with Gasteiger partial charge in [-0.25, -0.2) is 0 Å². The fraction of sp³-hybridized carbons (Fsp3) is 1.00. The Morgan fingerprint density at radius 3 is 2.50 bits per heavy atom. The van der Waals surface area contributed by atoms with Gasteiger partial charge in [-0.3, -0.25) is 0 Å². The third-order valence-electron chi connectivity index (χ3n) is 4.20. The Kier molecular flexibility index (Phi) is 4.26. The largest absolute Gasteiger partial charge is 0.316 e. The van der Waals surface area contributed by atoms with Gasteiger partial charge in [-0.2, -0.15) is 0 Å². The molecule has 16 heavy (non-hydrogen) atoms. The lowest BCUT2D eigenvalue weighted by Gasteiger charge is -2.27. The average molecular weight is 224 g/mol. The third kappa shape index (κ3) is 3.46. The Hall–Kier alpha value is -0.0800. The van der Waals surface area contributed by atoms with Gasteiger partial charge in [-0.1, -0.05) is 20.8 Å². The molecule has 0 aromatic heterocycles. The van der Waals surface area contributed by atoms with Gasteiger partial charge < -0.3 is 10.2 Å². The highest BCUT2D eigenvalue weighted by atomic mass is 15.2. The molecule has 1 N–H and O–H groups in total. The molecule has 1 aliphatic heterocycles. The van der Waals surface area contributed by atoms with Gasteiger partial charge in [0, 0.05) is 12.6 Å². The first-order valence-corrected chi connectivity index (χ1v) is 7.11. The predicted molar refractivity (Wildman–Crippen MR) is 69.6 cm³/mol. The van der Waals surface area contributed by atoms with E-state index < -0.39 is 0 Å². The van der Waals surface area contributed by atoms with Gasteiger partial charge in [0.05, 0.1) is 0 Å². The van der Waals surface area contributed by atoms with Crippen molar-refractivity contribution in [1.82, 2.24) is 10.2 Å². The normalized spacial score (nSPS) is 30.6. The zero-order valence-electron chi connectivity index (χ0n) is 11.2. The summed E-state index contributed by atoms with van der Waals surface area (Å²) < 4.78 is 0. The van der Waals surface area contributed by atoms with E-state index >= 15 is 0 Å². The monoisotopic (exact) mass is 224 g/mol. The SMILES string of the molecule is CC(C)CCN(CC1CNCC1C)C1CC1. The van der Waals surface area contributed by atoms with Crippen LogP contribution < -0.4 is 5.32 Å². The van der Waals surface area contributed by atoms with Crippen molar-refractivity contribution in [2.45, 2.75) is 46.1 Å². The van der Waals surface area contributed by atoms with Crippen LogP contribution in [0.2, 0.25) is 0 Å². The van der Waals surface area contributed by atoms with Crippen molar-refractivity contribution in [1.29, 1.82) is 0 Å². The molecule has 2 fully saturated rings. The van der Waals surface area contributed by atoms with E-state index in [1.807, 2.05) is 0 Å². The quantitative estimate of drug-likeness (QED) is 0.745. The first-order chi connectivity index (χ1) is 7.66. The highest BCUT2D eigenvalue weighted by Crippen LogP contribution is 2.29. The number of nitrogens with zero attached hydrogens (tertiary/aromatic N) is 1. The van der Waals surface area contributed by atoms with Crippen molar-refractivity contribution in [2.24, 2.45) is 17.8 Å². The summed E-state index contributed by atoms with van der Waals surface area (Å²) in [5, 5.41) is 3.52. The van der Waals surface area contributed by atoms with Crippen LogP contribution in [0.5, 0.6) is 0 Å². The predicted octanol–water partition coefficient (Wildman–Crippen LogP) is 2.35. The second kappa shape index (κ2) is 5.50. The Bertz CT molecular complexity index is 211. The molecule has 0 aromatic carbocycles. The Labute approximate surface area is 101 Å². The Balaban J connectivity index is 1.77. The molecule has 2 atom stereocenters. The standard InChI is InChI=1S/C14H28N2/c1-11(2)6-7-16(14-4-5-14)10-13-9-15-8-12(13)3/h11-15H,4-10H2,1-3H3. The highest BCUT2D eigenvalue weighted by Gasteiger charge is 2.32. The van der Waals surface area contributed by atoms with Gasteiger partial charge in [-0.15, -0.1) is 0 Å². The van der Waals surface area contributed by atoms with Gasteiger partial charge in [0.2, 0.25) is 0 Å². The molecule has 2 heteroatoms. The van der Waals surface area contributed by atoms with Gasteiger partial charge >= 0.3 is 0 Å². The molecule has 0 bridgehead atoms. The molecule has 0 aromatic rings. The summed E-state index contributed by atoms with van der Waals surface area (Å²) in [5.41, 5.74) is 0. The van der Waals surface area contributed by atoms with E-state index in [2.05, 4.69) is 31.0 Å². The van der Waals surface area contributed by atoms with E-state index in [0.717, 1.165) is 23.8 Å². The summed E-state index contributed by atoms with van der Waals surface area (Å²) in [4.78, 5) is 2.77. The van der Waals surface area contributed by atoms with Crippen molar-refractivity contribution in [3.63, 3.8) is 0 Å². The molecule has 2 aliphatic rings. The summed E-state index contributed by atoms with van der Waals surface area (Å²) in [5.74, 6) is 2.62. The molecule has 1 saturated carbocycles. The molecule has 2 nitrogen and oxygen atoms in total. The van der Waals surface area contributed by atoms with Gasteiger partial charge in [0.1, 0.15) is 0 Å². The lowest BCUT2D eigenvalue weighted by atomic mass is 9.97. The minimum atomic E-state index is 0.848. The van der Waals surface area contributed by atoms with Crippen LogP contribution in [-0.2, 0) is 0 Å². The zero-order valence-corrected chi connectivity index (χ0v) is 11.2. The first-order valence-electron chi connectivity index (χ1n) is 7.11. The molecule has 1 saturated heterocycles. The van der Waals surface area contributed by atoms with Crippen LogP contribution in [-0.4, -0.2) is 37.1 Å². The molecular weight excluding hydrogens is 196 g/mol. The van der Waals surface area contributed by atoms with Gasteiger partial charge in [-0.05, 0) is 56.7 Å². The molecule has 2 unspecified atom stereocenters. The lowest BCUT2D eigenvalue weighted by molar-refractivity contribution is 0.199. The molecule has 1 heterocycles. The van der Waals surface area contributed by atoms with Crippen LogP contribution in [0.25, 0.3) is 0 Å². The van der Waals surface area contributed by atoms with Crippen molar-refractivity contribution < 1.29 is 0 Å². The van der Waals surface area contributed by atoms with Crippen LogP contribution in [0.15, 0.2) is 0 Å². The van der Waals surface area contributed by atoms with Crippen LogP contribution in [0.1, 0.15) is 40.0 Å².